The van der Waals surface area contributed by atoms with Crippen LogP contribution < -0.4 is 0 Å². The van der Waals surface area contributed by atoms with Crippen molar-refractivity contribution < 1.29 is 4.74 Å². The molecule has 0 spiro atoms. The third kappa shape index (κ3) is 2.05. The molecule has 0 radical (unpaired) electrons. The standard InChI is InChI=1S/C11H21NO/c1-13-9-8-12-7-6-10-4-2-3-5-11(10)12/h10-11H,2-9H2,1H3/t10-,11-/m1/s1. The van der Waals surface area contributed by atoms with Crippen molar-refractivity contribution in [2.75, 3.05) is 26.8 Å². The lowest BCUT2D eigenvalue weighted by Crippen LogP contribution is -2.36. The highest BCUT2D eigenvalue weighted by atomic mass is 16.5. The maximum atomic E-state index is 5.14. The molecule has 2 nitrogen and oxygen atoms in total. The van der Waals surface area contributed by atoms with Crippen LogP contribution in [0.25, 0.3) is 0 Å². The highest BCUT2D eigenvalue weighted by Crippen LogP contribution is 2.35. The van der Waals surface area contributed by atoms with Gasteiger partial charge in [-0.05, 0) is 31.7 Å². The van der Waals surface area contributed by atoms with Crippen LogP contribution in [0.3, 0.4) is 0 Å². The van der Waals surface area contributed by atoms with Gasteiger partial charge in [0, 0.05) is 19.7 Å². The van der Waals surface area contributed by atoms with E-state index < -0.39 is 0 Å². The van der Waals surface area contributed by atoms with Crippen molar-refractivity contribution in [1.29, 1.82) is 0 Å². The van der Waals surface area contributed by atoms with E-state index in [1.54, 1.807) is 7.11 Å². The summed E-state index contributed by atoms with van der Waals surface area (Å²) in [5.74, 6) is 1.02. The molecule has 1 aliphatic heterocycles. The molecule has 13 heavy (non-hydrogen) atoms. The van der Waals surface area contributed by atoms with Gasteiger partial charge in [0.05, 0.1) is 6.61 Å². The fourth-order valence-corrected chi connectivity index (χ4v) is 2.99. The molecule has 2 heteroatoms. The number of methoxy groups -OCH3 is 1. The van der Waals surface area contributed by atoms with Gasteiger partial charge in [-0.3, -0.25) is 4.90 Å². The Hall–Kier alpha value is -0.0800. The van der Waals surface area contributed by atoms with Crippen molar-refractivity contribution >= 4 is 0 Å². The van der Waals surface area contributed by atoms with E-state index in [0.29, 0.717) is 0 Å². The summed E-state index contributed by atoms with van der Waals surface area (Å²) >= 11 is 0. The molecule has 2 fully saturated rings. The molecule has 2 atom stereocenters. The van der Waals surface area contributed by atoms with Gasteiger partial charge in [-0.2, -0.15) is 0 Å². The predicted octanol–water partition coefficient (Wildman–Crippen LogP) is 1.90. The zero-order valence-corrected chi connectivity index (χ0v) is 8.67. The second kappa shape index (κ2) is 4.43. The highest BCUT2D eigenvalue weighted by molar-refractivity contribution is 4.89. The van der Waals surface area contributed by atoms with Crippen LogP contribution in [0.1, 0.15) is 32.1 Å². The predicted molar refractivity (Wildman–Crippen MR) is 53.8 cm³/mol. The Morgan fingerprint density at radius 2 is 2.08 bits per heavy atom. The SMILES string of the molecule is COCCN1CC[C@H]2CCCC[C@H]21. The Labute approximate surface area is 81.3 Å². The molecule has 2 aliphatic rings. The van der Waals surface area contributed by atoms with Gasteiger partial charge in [0.2, 0.25) is 0 Å². The van der Waals surface area contributed by atoms with Gasteiger partial charge >= 0.3 is 0 Å². The molecule has 1 saturated carbocycles. The zero-order chi connectivity index (χ0) is 9.10. The van der Waals surface area contributed by atoms with Crippen molar-refractivity contribution in [2.45, 2.75) is 38.1 Å². The second-order valence-electron chi connectivity index (χ2n) is 4.43. The molecule has 0 amide bonds. The minimum absolute atomic E-state index is 0.906. The summed E-state index contributed by atoms with van der Waals surface area (Å²) in [6, 6.07) is 0.906. The lowest BCUT2D eigenvalue weighted by molar-refractivity contribution is 0.120. The van der Waals surface area contributed by atoms with E-state index in [2.05, 4.69) is 4.90 Å². The fraction of sp³-hybridized carbons (Fsp3) is 1.00. The summed E-state index contributed by atoms with van der Waals surface area (Å²) in [6.07, 6.45) is 7.28. The van der Waals surface area contributed by atoms with Crippen molar-refractivity contribution in [3.63, 3.8) is 0 Å². The maximum Gasteiger partial charge on any atom is 0.0589 e. The van der Waals surface area contributed by atoms with Crippen molar-refractivity contribution in [3.05, 3.63) is 0 Å². The summed E-state index contributed by atoms with van der Waals surface area (Å²) in [6.45, 7) is 3.37. The van der Waals surface area contributed by atoms with Crippen molar-refractivity contribution in [2.24, 2.45) is 5.92 Å². The molecular weight excluding hydrogens is 162 g/mol. The number of nitrogens with zero attached hydrogens (tertiary/aromatic N) is 1. The first-order chi connectivity index (χ1) is 6.42. The first kappa shape index (κ1) is 9.47. The van der Waals surface area contributed by atoms with Crippen molar-refractivity contribution in [1.82, 2.24) is 4.90 Å². The minimum atomic E-state index is 0.906. The largest absolute Gasteiger partial charge is 0.383 e. The van der Waals surface area contributed by atoms with Gasteiger partial charge in [-0.25, -0.2) is 0 Å². The quantitative estimate of drug-likeness (QED) is 0.662. The lowest BCUT2D eigenvalue weighted by Gasteiger charge is -2.31. The Kier molecular flexibility index (Phi) is 3.23. The van der Waals surface area contributed by atoms with Crippen LogP contribution in [0.4, 0.5) is 0 Å². The average Bonchev–Trinajstić information content (AvgIpc) is 2.58. The Morgan fingerprint density at radius 3 is 2.92 bits per heavy atom. The summed E-state index contributed by atoms with van der Waals surface area (Å²) in [5, 5.41) is 0. The maximum absolute atomic E-state index is 5.14. The molecule has 0 aromatic rings. The lowest BCUT2D eigenvalue weighted by atomic mass is 9.85. The fourth-order valence-electron chi connectivity index (χ4n) is 2.99. The average molecular weight is 183 g/mol. The van der Waals surface area contributed by atoms with Gasteiger partial charge in [0.1, 0.15) is 0 Å². The van der Waals surface area contributed by atoms with E-state index in [4.69, 9.17) is 4.74 Å². The molecule has 0 unspecified atom stereocenters. The molecule has 0 aromatic heterocycles. The number of rotatable bonds is 3. The molecule has 1 saturated heterocycles. The third-order valence-corrected chi connectivity index (χ3v) is 3.71. The first-order valence-electron chi connectivity index (χ1n) is 5.65. The van der Waals surface area contributed by atoms with Gasteiger partial charge < -0.3 is 4.74 Å². The van der Waals surface area contributed by atoms with E-state index in [0.717, 1.165) is 25.1 Å². The zero-order valence-electron chi connectivity index (χ0n) is 8.67. The molecule has 76 valence electrons. The number of ether oxygens (including phenoxy) is 1. The topological polar surface area (TPSA) is 12.5 Å². The van der Waals surface area contributed by atoms with Gasteiger partial charge in [0.15, 0.2) is 0 Å². The van der Waals surface area contributed by atoms with Gasteiger partial charge in [-0.1, -0.05) is 12.8 Å². The van der Waals surface area contributed by atoms with Crippen LogP contribution in [0.15, 0.2) is 0 Å². The van der Waals surface area contributed by atoms with E-state index in [1.807, 2.05) is 0 Å². The Bertz CT molecular complexity index is 160. The monoisotopic (exact) mass is 183 g/mol. The molecule has 1 aliphatic carbocycles. The summed E-state index contributed by atoms with van der Waals surface area (Å²) in [4.78, 5) is 2.65. The van der Waals surface area contributed by atoms with E-state index >= 15 is 0 Å². The molecule has 0 bridgehead atoms. The number of likely N-dealkylation sites (tertiary alicyclic amines) is 1. The Morgan fingerprint density at radius 1 is 1.23 bits per heavy atom. The molecule has 1 heterocycles. The van der Waals surface area contributed by atoms with Crippen LogP contribution in [0, 0.1) is 5.92 Å². The summed E-state index contributed by atoms with van der Waals surface area (Å²) in [5.41, 5.74) is 0. The number of hydrogen-bond acceptors (Lipinski definition) is 2. The highest BCUT2D eigenvalue weighted by Gasteiger charge is 2.34. The molecule has 0 N–H and O–H groups in total. The van der Waals surface area contributed by atoms with Crippen LogP contribution in [-0.2, 0) is 4.74 Å². The third-order valence-electron chi connectivity index (χ3n) is 3.71. The smallest absolute Gasteiger partial charge is 0.0589 e. The minimum Gasteiger partial charge on any atom is -0.383 e. The Balaban J connectivity index is 1.84. The van der Waals surface area contributed by atoms with Crippen LogP contribution in [-0.4, -0.2) is 37.7 Å². The normalized spacial score (nSPS) is 34.8. The molecule has 2 rings (SSSR count). The van der Waals surface area contributed by atoms with E-state index in [1.165, 1.54) is 38.6 Å². The number of fused-ring (bicyclic) bond motifs is 1. The second-order valence-corrected chi connectivity index (χ2v) is 4.43. The summed E-state index contributed by atoms with van der Waals surface area (Å²) < 4.78 is 5.14. The first-order valence-corrected chi connectivity index (χ1v) is 5.65. The molecular formula is C11H21NO. The van der Waals surface area contributed by atoms with Gasteiger partial charge in [-0.15, -0.1) is 0 Å². The van der Waals surface area contributed by atoms with Crippen LogP contribution in [0.5, 0.6) is 0 Å². The number of hydrogen-bond donors (Lipinski definition) is 0. The van der Waals surface area contributed by atoms with E-state index in [9.17, 15) is 0 Å². The molecule has 0 aromatic carbocycles. The van der Waals surface area contributed by atoms with Crippen molar-refractivity contribution in [3.8, 4) is 0 Å². The van der Waals surface area contributed by atoms with E-state index in [-0.39, 0.29) is 0 Å². The summed E-state index contributed by atoms with van der Waals surface area (Å²) in [7, 11) is 1.80. The van der Waals surface area contributed by atoms with Crippen LogP contribution in [0.2, 0.25) is 0 Å². The van der Waals surface area contributed by atoms with Crippen LogP contribution >= 0.6 is 0 Å². The van der Waals surface area contributed by atoms with Gasteiger partial charge in [0.25, 0.3) is 0 Å².